The first-order chi connectivity index (χ1) is 13.4. The summed E-state index contributed by atoms with van der Waals surface area (Å²) < 4.78 is 8.38. The summed E-state index contributed by atoms with van der Waals surface area (Å²) in [6, 6.07) is 10.1. The van der Waals surface area contributed by atoms with E-state index in [0.29, 0.717) is 12.2 Å². The Bertz CT molecular complexity index is 1080. The molecular weight excluding hydrogens is 350 g/mol. The predicted molar refractivity (Wildman–Crippen MR) is 110 cm³/mol. The third kappa shape index (κ3) is 2.53. The summed E-state index contributed by atoms with van der Waals surface area (Å²) >= 11 is 0. The number of hydrogen-bond donors (Lipinski definition) is 1. The van der Waals surface area contributed by atoms with Crippen LogP contribution in [0.15, 0.2) is 42.7 Å². The van der Waals surface area contributed by atoms with E-state index in [1.54, 1.807) is 12.4 Å². The third-order valence-electron chi connectivity index (χ3n) is 5.49. The van der Waals surface area contributed by atoms with Crippen LogP contribution in [0.1, 0.15) is 49.3 Å². The molecule has 5 heteroatoms. The lowest BCUT2D eigenvalue weighted by atomic mass is 9.84. The van der Waals surface area contributed by atoms with Gasteiger partial charge in [0.2, 0.25) is 0 Å². The van der Waals surface area contributed by atoms with Gasteiger partial charge >= 0.3 is 0 Å². The number of hydrogen-bond acceptors (Lipinski definition) is 3. The van der Waals surface area contributed by atoms with E-state index in [0.717, 1.165) is 40.1 Å². The van der Waals surface area contributed by atoms with E-state index in [1.165, 1.54) is 5.56 Å². The molecule has 4 rings (SSSR count). The number of nitrogens with two attached hydrogens (primary N) is 1. The van der Waals surface area contributed by atoms with Gasteiger partial charge in [-0.25, -0.2) is 0 Å². The first kappa shape index (κ1) is 18.3. The molecule has 1 amide bonds. The van der Waals surface area contributed by atoms with E-state index in [9.17, 15) is 4.79 Å². The number of aromatic nitrogens is 2. The fourth-order valence-corrected chi connectivity index (χ4v) is 4.37. The second kappa shape index (κ2) is 6.51. The fourth-order valence-electron chi connectivity index (χ4n) is 4.37. The van der Waals surface area contributed by atoms with Gasteiger partial charge in [0, 0.05) is 29.4 Å². The van der Waals surface area contributed by atoms with Crippen LogP contribution in [0.25, 0.3) is 22.4 Å². The number of rotatable bonds is 4. The number of fused-ring (bicyclic) bond motifs is 3. The summed E-state index contributed by atoms with van der Waals surface area (Å²) in [5.41, 5.74) is 11.9. The lowest BCUT2D eigenvalue weighted by Crippen LogP contribution is -2.30. The highest BCUT2D eigenvalue weighted by Crippen LogP contribution is 2.51. The second-order valence-electron chi connectivity index (χ2n) is 7.55. The normalized spacial score (nSPS) is 14.1. The molecule has 2 aromatic heterocycles. The van der Waals surface area contributed by atoms with Gasteiger partial charge in [-0.2, -0.15) is 0 Å². The quantitative estimate of drug-likeness (QED) is 0.728. The Labute approximate surface area is 165 Å². The Hall–Kier alpha value is -3.08. The minimum Gasteiger partial charge on any atom is -0.481 e. The molecule has 3 aromatic rings. The maximum atomic E-state index is 12.7. The van der Waals surface area contributed by atoms with Crippen molar-refractivity contribution in [2.24, 2.45) is 5.73 Å². The number of carbonyl (C=O) groups is 1. The topological polar surface area (TPSA) is 70.1 Å². The van der Waals surface area contributed by atoms with Gasteiger partial charge in [0.15, 0.2) is 0 Å². The van der Waals surface area contributed by atoms with Crippen LogP contribution in [0.2, 0.25) is 0 Å². The molecule has 1 aliphatic rings. The van der Waals surface area contributed by atoms with Crippen molar-refractivity contribution >= 4 is 5.91 Å². The Morgan fingerprint density at radius 3 is 2.61 bits per heavy atom. The average Bonchev–Trinajstić information content (AvgIpc) is 3.04. The summed E-state index contributed by atoms with van der Waals surface area (Å²) in [5, 5.41) is 0. The average molecular weight is 375 g/mol. The molecule has 0 unspecified atom stereocenters. The highest BCUT2D eigenvalue weighted by molar-refractivity contribution is 6.03. The Kier molecular flexibility index (Phi) is 4.26. The van der Waals surface area contributed by atoms with Crippen molar-refractivity contribution < 1.29 is 9.53 Å². The largest absolute Gasteiger partial charge is 0.481 e. The maximum absolute atomic E-state index is 12.7. The molecule has 0 radical (unpaired) electrons. The lowest BCUT2D eigenvalue weighted by molar-refractivity contribution is 0.0992. The number of primary amides is 1. The molecule has 1 aliphatic heterocycles. The van der Waals surface area contributed by atoms with Crippen LogP contribution < -0.4 is 10.5 Å². The van der Waals surface area contributed by atoms with E-state index in [2.05, 4.69) is 24.0 Å². The van der Waals surface area contributed by atoms with Gasteiger partial charge < -0.3 is 15.0 Å². The molecule has 1 aromatic carbocycles. The lowest BCUT2D eigenvalue weighted by Gasteiger charge is -2.34. The predicted octanol–water partition coefficient (Wildman–Crippen LogP) is 4.53. The highest BCUT2D eigenvalue weighted by Gasteiger charge is 2.41. The molecule has 0 fully saturated rings. The minimum atomic E-state index is -0.633. The summed E-state index contributed by atoms with van der Waals surface area (Å²) in [6.07, 6.45) is 4.35. The van der Waals surface area contributed by atoms with E-state index in [1.807, 2.05) is 43.5 Å². The number of aryl methyl sites for hydroxylation is 1. The van der Waals surface area contributed by atoms with Gasteiger partial charge in [0.1, 0.15) is 17.0 Å². The van der Waals surface area contributed by atoms with Crippen molar-refractivity contribution in [3.8, 4) is 28.1 Å². The molecule has 144 valence electrons. The molecule has 3 heterocycles. The van der Waals surface area contributed by atoms with Gasteiger partial charge in [0.25, 0.3) is 5.91 Å². The van der Waals surface area contributed by atoms with Crippen LogP contribution in [0.5, 0.6) is 5.75 Å². The molecular formula is C23H25N3O2. The van der Waals surface area contributed by atoms with Crippen molar-refractivity contribution in [1.29, 1.82) is 0 Å². The molecule has 0 aliphatic carbocycles. The van der Waals surface area contributed by atoms with Crippen LogP contribution in [0.3, 0.4) is 0 Å². The monoisotopic (exact) mass is 375 g/mol. The van der Waals surface area contributed by atoms with E-state index >= 15 is 0 Å². The van der Waals surface area contributed by atoms with Crippen LogP contribution in [0, 0.1) is 0 Å². The number of ether oxygens (including phenoxy) is 1. The van der Waals surface area contributed by atoms with Crippen LogP contribution >= 0.6 is 0 Å². The minimum absolute atomic E-state index is 0.427. The Morgan fingerprint density at radius 1 is 1.18 bits per heavy atom. The zero-order chi connectivity index (χ0) is 20.1. The second-order valence-corrected chi connectivity index (χ2v) is 7.55. The molecule has 0 saturated carbocycles. The molecule has 0 atom stereocenters. The molecule has 28 heavy (non-hydrogen) atoms. The Balaban J connectivity index is 2.20. The van der Waals surface area contributed by atoms with Gasteiger partial charge in [-0.3, -0.25) is 9.78 Å². The van der Waals surface area contributed by atoms with Crippen LogP contribution in [-0.4, -0.2) is 15.5 Å². The van der Waals surface area contributed by atoms with Crippen molar-refractivity contribution in [3.63, 3.8) is 0 Å². The molecule has 0 bridgehead atoms. The molecule has 0 spiro atoms. The number of carbonyl (C=O) groups excluding carboxylic acids is 1. The van der Waals surface area contributed by atoms with Crippen molar-refractivity contribution in [2.75, 3.05) is 0 Å². The smallest absolute Gasteiger partial charge is 0.266 e. The van der Waals surface area contributed by atoms with Crippen molar-refractivity contribution in [3.05, 3.63) is 59.5 Å². The number of nitrogens with zero attached hydrogens (tertiary/aromatic N) is 2. The van der Waals surface area contributed by atoms with Gasteiger partial charge in [-0.05, 0) is 44.4 Å². The highest BCUT2D eigenvalue weighted by atomic mass is 16.5. The molecule has 5 nitrogen and oxygen atoms in total. The maximum Gasteiger partial charge on any atom is 0.266 e. The first-order valence-corrected chi connectivity index (χ1v) is 9.69. The van der Waals surface area contributed by atoms with E-state index in [4.69, 9.17) is 10.5 Å². The zero-order valence-corrected chi connectivity index (χ0v) is 16.7. The van der Waals surface area contributed by atoms with Crippen molar-refractivity contribution in [2.45, 2.75) is 46.3 Å². The summed E-state index contributed by atoms with van der Waals surface area (Å²) in [5.74, 6) is 0.294. The van der Waals surface area contributed by atoms with Gasteiger partial charge in [0.05, 0.1) is 11.9 Å². The van der Waals surface area contributed by atoms with E-state index in [-0.39, 0.29) is 0 Å². The number of benzene rings is 1. The number of amides is 1. The van der Waals surface area contributed by atoms with Gasteiger partial charge in [-0.1, -0.05) is 31.2 Å². The molecule has 0 saturated heterocycles. The van der Waals surface area contributed by atoms with Gasteiger partial charge in [-0.15, -0.1) is 0 Å². The Morgan fingerprint density at radius 2 is 1.93 bits per heavy atom. The fraction of sp³-hybridized carbons (Fsp3) is 0.304. The number of pyridine rings is 1. The first-order valence-electron chi connectivity index (χ1n) is 9.69. The van der Waals surface area contributed by atoms with Crippen LogP contribution in [-0.2, 0) is 18.6 Å². The summed E-state index contributed by atoms with van der Waals surface area (Å²) in [4.78, 5) is 16.9. The zero-order valence-electron chi connectivity index (χ0n) is 16.7. The van der Waals surface area contributed by atoms with E-state index < -0.39 is 11.5 Å². The molecule has 2 N–H and O–H groups in total. The van der Waals surface area contributed by atoms with Crippen molar-refractivity contribution in [1.82, 2.24) is 9.55 Å². The standard InChI is InChI=1S/C23H25N3O2/c1-5-14-9-7-8-10-15(14)18-19-20(26(6-2)21(18)22(24)27)16-11-12-25-13-17(16)28-23(19,3)4/h7-13H,5-6H2,1-4H3,(H2,24,27). The third-order valence-corrected chi connectivity index (χ3v) is 5.49. The van der Waals surface area contributed by atoms with Crippen LogP contribution in [0.4, 0.5) is 0 Å². The summed E-state index contributed by atoms with van der Waals surface area (Å²) in [7, 11) is 0. The SMILES string of the molecule is CCc1ccccc1-c1c2c(n(CC)c1C(N)=O)-c1ccncc1OC2(C)C. The summed E-state index contributed by atoms with van der Waals surface area (Å²) in [6.45, 7) is 8.85.